The topological polar surface area (TPSA) is 63.6 Å². The fourth-order valence-electron chi connectivity index (χ4n) is 1.18. The van der Waals surface area contributed by atoms with Crippen LogP contribution in [-0.4, -0.2) is 55.3 Å². The number of esters is 1. The van der Waals surface area contributed by atoms with Crippen molar-refractivity contribution < 1.29 is 28.0 Å². The van der Waals surface area contributed by atoms with E-state index in [1.807, 2.05) is 21.1 Å². The monoisotopic (exact) mass is 221 g/mol. The lowest BCUT2D eigenvalue weighted by Crippen LogP contribution is -2.43. The van der Waals surface area contributed by atoms with Crippen molar-refractivity contribution >= 4 is 11.9 Å². The van der Waals surface area contributed by atoms with Crippen LogP contribution < -0.4 is 0 Å². The molecule has 5 heteroatoms. The highest BCUT2D eigenvalue weighted by atomic mass is 16.5. The third-order valence-corrected chi connectivity index (χ3v) is 1.60. The van der Waals surface area contributed by atoms with E-state index >= 15 is 0 Å². The van der Waals surface area contributed by atoms with E-state index in [1.54, 1.807) is 0 Å². The van der Waals surface area contributed by atoms with E-state index in [1.165, 1.54) is 0 Å². The van der Waals surface area contributed by atoms with Gasteiger partial charge in [0.05, 0.1) is 27.6 Å². The Morgan fingerprint density at radius 3 is 2.47 bits per heavy atom. The minimum Gasteiger partial charge on any atom is -0.481 e. The van der Waals surface area contributed by atoms with Crippen molar-refractivity contribution in [3.05, 3.63) is 0 Å². The summed E-state index contributed by atoms with van der Waals surface area (Å²) < 4.78 is 26.2. The van der Waals surface area contributed by atoms with Gasteiger partial charge in [-0.25, -0.2) is 0 Å². The summed E-state index contributed by atoms with van der Waals surface area (Å²) in [5.74, 6) is -1.98. The lowest BCUT2D eigenvalue weighted by atomic mass is 10.2. The van der Waals surface area contributed by atoms with Gasteiger partial charge in [0.15, 0.2) is 6.10 Å². The number of likely N-dealkylation sites (N-methyl/N-ethyl adjacent to an activating group) is 1. The zero-order chi connectivity index (χ0) is 14.6. The van der Waals surface area contributed by atoms with Crippen molar-refractivity contribution in [3.63, 3.8) is 0 Å². The SMILES string of the molecule is [2H]C([2H])([2H])CC(=O)OC(CC(=O)O)C[N+](C)(C)C. The summed E-state index contributed by atoms with van der Waals surface area (Å²) in [6.45, 7) is -2.10. The third-order valence-electron chi connectivity index (χ3n) is 1.60. The maximum absolute atomic E-state index is 11.4. The van der Waals surface area contributed by atoms with Gasteiger partial charge in [-0.3, -0.25) is 9.59 Å². The van der Waals surface area contributed by atoms with Crippen LogP contribution >= 0.6 is 0 Å². The Kier molecular flexibility index (Phi) is 3.48. The van der Waals surface area contributed by atoms with Gasteiger partial charge < -0.3 is 14.3 Å². The summed E-state index contributed by atoms with van der Waals surface area (Å²) in [7, 11) is 5.48. The number of carboxylic acids is 1. The molecule has 0 saturated heterocycles. The summed E-state index contributed by atoms with van der Waals surface area (Å²) >= 11 is 0. The van der Waals surface area contributed by atoms with Crippen molar-refractivity contribution in [3.8, 4) is 0 Å². The molecule has 1 N–H and O–H groups in total. The predicted octanol–water partition coefficient (Wildman–Crippen LogP) is 0.489. The fraction of sp³-hybridized carbons (Fsp3) is 0.800. The molecular weight excluding hydrogens is 198 g/mol. The van der Waals surface area contributed by atoms with E-state index < -0.39 is 31.3 Å². The molecule has 0 aliphatic heterocycles. The minimum atomic E-state index is -2.40. The van der Waals surface area contributed by atoms with Crippen LogP contribution in [0.25, 0.3) is 0 Å². The molecule has 0 aromatic rings. The fourth-order valence-corrected chi connectivity index (χ4v) is 1.18. The third kappa shape index (κ3) is 7.93. The summed E-state index contributed by atoms with van der Waals surface area (Å²) in [6, 6.07) is 0. The van der Waals surface area contributed by atoms with E-state index in [2.05, 4.69) is 0 Å². The maximum Gasteiger partial charge on any atom is 0.307 e. The molecule has 5 nitrogen and oxygen atoms in total. The molecule has 0 bridgehead atoms. The van der Waals surface area contributed by atoms with Crippen molar-refractivity contribution in [2.24, 2.45) is 0 Å². The Morgan fingerprint density at radius 2 is 2.07 bits per heavy atom. The molecule has 0 aromatic heterocycles. The molecule has 0 fully saturated rings. The number of carbonyl (C=O) groups is 2. The lowest BCUT2D eigenvalue weighted by molar-refractivity contribution is -0.873. The molecule has 0 spiro atoms. The Morgan fingerprint density at radius 1 is 1.47 bits per heavy atom. The first-order chi connectivity index (χ1) is 7.89. The van der Waals surface area contributed by atoms with Crippen molar-refractivity contribution in [2.45, 2.75) is 25.8 Å². The summed E-state index contributed by atoms with van der Waals surface area (Å²) in [4.78, 5) is 22.0. The molecule has 0 amide bonds. The maximum atomic E-state index is 11.4. The molecule has 0 radical (unpaired) electrons. The van der Waals surface area contributed by atoms with Crippen LogP contribution in [-0.2, 0) is 14.3 Å². The summed E-state index contributed by atoms with van der Waals surface area (Å²) in [5, 5.41) is 8.72. The highest BCUT2D eigenvalue weighted by molar-refractivity contribution is 5.71. The molecule has 0 aromatic carbocycles. The van der Waals surface area contributed by atoms with Gasteiger partial charge in [0.2, 0.25) is 0 Å². The van der Waals surface area contributed by atoms with E-state index in [9.17, 15) is 9.59 Å². The van der Waals surface area contributed by atoms with Gasteiger partial charge in [0.25, 0.3) is 0 Å². The number of carbonyl (C=O) groups excluding carboxylic acids is 1. The Hall–Kier alpha value is -1.10. The van der Waals surface area contributed by atoms with Gasteiger partial charge >= 0.3 is 11.9 Å². The highest BCUT2D eigenvalue weighted by Gasteiger charge is 2.23. The molecule has 1 unspecified atom stereocenters. The molecular formula is C10H20NO4+. The van der Waals surface area contributed by atoms with Crippen molar-refractivity contribution in [1.29, 1.82) is 0 Å². The van der Waals surface area contributed by atoms with Gasteiger partial charge in [0, 0.05) is 10.5 Å². The van der Waals surface area contributed by atoms with Gasteiger partial charge in [-0.05, 0) is 0 Å². The molecule has 0 saturated carbocycles. The van der Waals surface area contributed by atoms with Crippen LogP contribution in [0, 0.1) is 0 Å². The molecule has 0 rings (SSSR count). The van der Waals surface area contributed by atoms with E-state index in [4.69, 9.17) is 14.0 Å². The van der Waals surface area contributed by atoms with E-state index in [0.29, 0.717) is 11.0 Å². The van der Waals surface area contributed by atoms with Crippen LogP contribution in [0.5, 0.6) is 0 Å². The number of hydrogen-bond donors (Lipinski definition) is 1. The predicted molar refractivity (Wildman–Crippen MR) is 55.3 cm³/mol. The number of carboxylic acid groups (broad SMARTS) is 1. The second kappa shape index (κ2) is 5.70. The number of quaternary nitrogens is 1. The van der Waals surface area contributed by atoms with Crippen molar-refractivity contribution in [2.75, 3.05) is 27.7 Å². The minimum absolute atomic E-state index is 0.305. The van der Waals surface area contributed by atoms with E-state index in [0.717, 1.165) is 0 Å². The van der Waals surface area contributed by atoms with Crippen molar-refractivity contribution in [1.82, 2.24) is 0 Å². The smallest absolute Gasteiger partial charge is 0.307 e. The van der Waals surface area contributed by atoms with Crippen LogP contribution in [0.2, 0.25) is 0 Å². The van der Waals surface area contributed by atoms with E-state index in [-0.39, 0.29) is 6.42 Å². The Bertz CT molecular complexity index is 309. The zero-order valence-electron chi connectivity index (χ0n) is 12.3. The standard InChI is InChI=1S/C10H19NO4/c1-5-10(14)15-8(6-9(12)13)7-11(2,3)4/h8H,5-7H2,1-4H3/p+1/i1D3. The number of hydrogen-bond acceptors (Lipinski definition) is 3. The average molecular weight is 221 g/mol. The molecule has 0 heterocycles. The zero-order valence-corrected chi connectivity index (χ0v) is 9.32. The summed E-state index contributed by atoms with van der Waals surface area (Å²) in [6.07, 6.45) is -1.86. The molecule has 0 aliphatic carbocycles. The lowest BCUT2D eigenvalue weighted by Gasteiger charge is -2.28. The molecule has 15 heavy (non-hydrogen) atoms. The first-order valence-electron chi connectivity index (χ1n) is 6.11. The number of nitrogens with zero attached hydrogens (tertiary/aromatic N) is 1. The van der Waals surface area contributed by atoms with Gasteiger partial charge in [0.1, 0.15) is 6.54 Å². The second-order valence-corrected chi connectivity index (χ2v) is 4.36. The van der Waals surface area contributed by atoms with Crippen LogP contribution in [0.4, 0.5) is 0 Å². The van der Waals surface area contributed by atoms with Crippen LogP contribution in [0.1, 0.15) is 23.8 Å². The van der Waals surface area contributed by atoms with Gasteiger partial charge in [-0.2, -0.15) is 0 Å². The van der Waals surface area contributed by atoms with Gasteiger partial charge in [-0.15, -0.1) is 0 Å². The molecule has 88 valence electrons. The quantitative estimate of drug-likeness (QED) is 0.523. The first kappa shape index (κ1) is 9.15. The second-order valence-electron chi connectivity index (χ2n) is 4.36. The average Bonchev–Trinajstić information content (AvgIpc) is 1.92. The van der Waals surface area contributed by atoms with Gasteiger partial charge in [-0.1, -0.05) is 6.85 Å². The van der Waals surface area contributed by atoms with Crippen LogP contribution in [0.15, 0.2) is 0 Å². The molecule has 1 atom stereocenters. The number of aliphatic carboxylic acids is 1. The highest BCUT2D eigenvalue weighted by Crippen LogP contribution is 2.06. The van der Waals surface area contributed by atoms with Crippen LogP contribution in [0.3, 0.4) is 0 Å². The summed E-state index contributed by atoms with van der Waals surface area (Å²) in [5.41, 5.74) is 0. The number of ether oxygens (including phenoxy) is 1. The molecule has 0 aliphatic rings. The normalized spacial score (nSPS) is 17.1. The largest absolute Gasteiger partial charge is 0.481 e. The Labute approximate surface area is 94.4 Å². The number of rotatable bonds is 6. The Balaban J connectivity index is 4.50. The first-order valence-corrected chi connectivity index (χ1v) is 4.61.